The summed E-state index contributed by atoms with van der Waals surface area (Å²) in [6.07, 6.45) is 4.48. The summed E-state index contributed by atoms with van der Waals surface area (Å²) in [4.78, 5) is 16.5. The van der Waals surface area contributed by atoms with Gasteiger partial charge in [-0.25, -0.2) is 9.50 Å². The van der Waals surface area contributed by atoms with Crippen LogP contribution in [0.1, 0.15) is 31.4 Å². The van der Waals surface area contributed by atoms with Crippen LogP contribution < -0.4 is 5.32 Å². The van der Waals surface area contributed by atoms with Crippen molar-refractivity contribution in [3.8, 4) is 11.3 Å². The zero-order chi connectivity index (χ0) is 18.7. The van der Waals surface area contributed by atoms with E-state index in [2.05, 4.69) is 54.4 Å². The van der Waals surface area contributed by atoms with E-state index in [1.54, 1.807) is 6.20 Å². The first kappa shape index (κ1) is 18.5. The summed E-state index contributed by atoms with van der Waals surface area (Å²) in [5.41, 5.74) is 5.42. The van der Waals surface area contributed by atoms with E-state index in [1.807, 2.05) is 23.7 Å². The fourth-order valence-corrected chi connectivity index (χ4v) is 3.39. The van der Waals surface area contributed by atoms with Crippen LogP contribution in [0, 0.1) is 13.8 Å². The minimum atomic E-state index is 0.0297. The molecule has 0 bridgehead atoms. The molecule has 1 aromatic carbocycles. The minimum Gasteiger partial charge on any atom is -0.353 e. The van der Waals surface area contributed by atoms with E-state index in [0.29, 0.717) is 5.75 Å². The topological polar surface area (TPSA) is 59.3 Å². The number of aryl methyl sites for hydroxylation is 2. The molecule has 0 aliphatic rings. The summed E-state index contributed by atoms with van der Waals surface area (Å²) >= 11 is 1.44. The van der Waals surface area contributed by atoms with Crippen molar-refractivity contribution in [1.29, 1.82) is 0 Å². The van der Waals surface area contributed by atoms with Crippen molar-refractivity contribution in [2.45, 2.75) is 45.2 Å². The van der Waals surface area contributed by atoms with E-state index < -0.39 is 0 Å². The Kier molecular flexibility index (Phi) is 5.61. The van der Waals surface area contributed by atoms with Gasteiger partial charge in [-0.3, -0.25) is 4.79 Å². The molecule has 26 heavy (non-hydrogen) atoms. The van der Waals surface area contributed by atoms with Crippen LogP contribution >= 0.6 is 11.8 Å². The first-order valence-corrected chi connectivity index (χ1v) is 9.80. The van der Waals surface area contributed by atoms with E-state index in [4.69, 9.17) is 0 Å². The Morgan fingerprint density at radius 2 is 2.08 bits per heavy atom. The number of thioether (sulfide) groups is 1. The third-order valence-corrected chi connectivity index (χ3v) is 5.51. The molecule has 1 atom stereocenters. The number of nitrogens with zero attached hydrogens (tertiary/aromatic N) is 3. The summed E-state index contributed by atoms with van der Waals surface area (Å²) in [5, 5.41) is 8.46. The zero-order valence-electron chi connectivity index (χ0n) is 15.6. The first-order valence-electron chi connectivity index (χ1n) is 8.82. The molecule has 0 aliphatic carbocycles. The van der Waals surface area contributed by atoms with Crippen LogP contribution in [0.5, 0.6) is 0 Å². The van der Waals surface area contributed by atoms with E-state index in [9.17, 15) is 4.79 Å². The van der Waals surface area contributed by atoms with Crippen molar-refractivity contribution in [2.24, 2.45) is 0 Å². The molecule has 0 saturated heterocycles. The first-order chi connectivity index (χ1) is 12.5. The Morgan fingerprint density at radius 1 is 1.27 bits per heavy atom. The van der Waals surface area contributed by atoms with Crippen LogP contribution in [0.2, 0.25) is 0 Å². The van der Waals surface area contributed by atoms with Gasteiger partial charge in [0.25, 0.3) is 0 Å². The van der Waals surface area contributed by atoms with Gasteiger partial charge in [0.1, 0.15) is 5.03 Å². The van der Waals surface area contributed by atoms with Crippen LogP contribution in [0.25, 0.3) is 16.8 Å². The maximum absolute atomic E-state index is 12.0. The zero-order valence-corrected chi connectivity index (χ0v) is 16.4. The lowest BCUT2D eigenvalue weighted by Crippen LogP contribution is -2.33. The molecule has 3 rings (SSSR count). The molecule has 1 N–H and O–H groups in total. The molecule has 0 unspecified atom stereocenters. The molecule has 3 aromatic rings. The second-order valence-corrected chi connectivity index (χ2v) is 7.52. The van der Waals surface area contributed by atoms with Crippen LogP contribution in [0.3, 0.4) is 0 Å². The van der Waals surface area contributed by atoms with Crippen LogP contribution in [0.15, 0.2) is 41.7 Å². The number of rotatable bonds is 6. The van der Waals surface area contributed by atoms with Crippen molar-refractivity contribution >= 4 is 23.2 Å². The van der Waals surface area contributed by atoms with Gasteiger partial charge < -0.3 is 5.32 Å². The van der Waals surface area contributed by atoms with Crippen molar-refractivity contribution in [2.75, 3.05) is 5.75 Å². The van der Waals surface area contributed by atoms with Gasteiger partial charge in [0.15, 0.2) is 0 Å². The van der Waals surface area contributed by atoms with Crippen LogP contribution in [-0.2, 0) is 4.79 Å². The third kappa shape index (κ3) is 4.07. The maximum atomic E-state index is 12.0. The molecule has 0 saturated carbocycles. The minimum absolute atomic E-state index is 0.0297. The Hall–Kier alpha value is -2.34. The average Bonchev–Trinajstić information content (AvgIpc) is 3.07. The van der Waals surface area contributed by atoms with Crippen molar-refractivity contribution in [3.05, 3.63) is 47.8 Å². The van der Waals surface area contributed by atoms with Crippen molar-refractivity contribution < 1.29 is 4.79 Å². The molecule has 6 heteroatoms. The summed E-state index contributed by atoms with van der Waals surface area (Å²) in [6.45, 7) is 8.27. The molecular formula is C20H24N4OS. The van der Waals surface area contributed by atoms with Gasteiger partial charge in [-0.2, -0.15) is 5.10 Å². The monoisotopic (exact) mass is 368 g/mol. The number of amides is 1. The highest BCUT2D eigenvalue weighted by Crippen LogP contribution is 2.27. The number of carbonyl (C=O) groups excluding carboxylic acids is 1. The average molecular weight is 369 g/mol. The van der Waals surface area contributed by atoms with Crippen LogP contribution in [-0.4, -0.2) is 32.3 Å². The SMILES string of the molecule is CC[C@H](C)NC(=O)CSc1nccn2nc(-c3ccc(C)c(C)c3)cc12. The molecule has 136 valence electrons. The van der Waals surface area contributed by atoms with Gasteiger partial charge in [0.2, 0.25) is 5.91 Å². The molecule has 0 spiro atoms. The molecule has 2 aromatic heterocycles. The lowest BCUT2D eigenvalue weighted by Gasteiger charge is -2.10. The van der Waals surface area contributed by atoms with Gasteiger partial charge in [-0.15, -0.1) is 0 Å². The lowest BCUT2D eigenvalue weighted by molar-refractivity contribution is -0.119. The predicted octanol–water partition coefficient (Wildman–Crippen LogP) is 4.02. The van der Waals surface area contributed by atoms with Crippen molar-refractivity contribution in [1.82, 2.24) is 19.9 Å². The number of nitrogens with one attached hydrogen (secondary N) is 1. The fraction of sp³-hybridized carbons (Fsp3) is 0.350. The number of hydrogen-bond acceptors (Lipinski definition) is 4. The largest absolute Gasteiger partial charge is 0.353 e. The Labute approximate surface area is 158 Å². The summed E-state index contributed by atoms with van der Waals surface area (Å²) in [6, 6.07) is 8.58. The highest BCUT2D eigenvalue weighted by atomic mass is 32.2. The van der Waals surface area contributed by atoms with E-state index in [0.717, 1.165) is 28.2 Å². The highest BCUT2D eigenvalue weighted by Gasteiger charge is 2.12. The van der Waals surface area contributed by atoms with Gasteiger partial charge >= 0.3 is 0 Å². The standard InChI is InChI=1S/C20H24N4OS/c1-5-15(4)22-19(25)12-26-20-18-11-17(23-24(18)9-8-21-20)16-7-6-13(2)14(3)10-16/h6-11,15H,5,12H2,1-4H3,(H,22,25)/t15-/m0/s1. The number of fused-ring (bicyclic) bond motifs is 1. The number of carbonyl (C=O) groups is 1. The van der Waals surface area contributed by atoms with E-state index in [-0.39, 0.29) is 11.9 Å². The quantitative estimate of drug-likeness (QED) is 0.668. The Bertz CT molecular complexity index is 935. The number of aromatic nitrogens is 3. The third-order valence-electron chi connectivity index (χ3n) is 4.52. The van der Waals surface area contributed by atoms with Crippen molar-refractivity contribution in [3.63, 3.8) is 0 Å². The second kappa shape index (κ2) is 7.91. The van der Waals surface area contributed by atoms with Crippen LogP contribution in [0.4, 0.5) is 0 Å². The Balaban J connectivity index is 1.83. The highest BCUT2D eigenvalue weighted by molar-refractivity contribution is 8.00. The van der Waals surface area contributed by atoms with Gasteiger partial charge in [0, 0.05) is 24.0 Å². The van der Waals surface area contributed by atoms with Gasteiger partial charge in [0.05, 0.1) is 17.0 Å². The second-order valence-electron chi connectivity index (χ2n) is 6.56. The lowest BCUT2D eigenvalue weighted by atomic mass is 10.0. The molecule has 0 radical (unpaired) electrons. The summed E-state index contributed by atoms with van der Waals surface area (Å²) in [7, 11) is 0. The molecule has 0 fully saturated rings. The molecular weight excluding hydrogens is 344 g/mol. The summed E-state index contributed by atoms with van der Waals surface area (Å²) < 4.78 is 1.83. The van der Waals surface area contributed by atoms with E-state index >= 15 is 0 Å². The molecule has 2 heterocycles. The molecule has 1 amide bonds. The normalized spacial score (nSPS) is 12.3. The number of hydrogen-bond donors (Lipinski definition) is 1. The van der Waals surface area contributed by atoms with Gasteiger partial charge in [-0.1, -0.05) is 30.8 Å². The molecule has 0 aliphatic heterocycles. The summed E-state index contributed by atoms with van der Waals surface area (Å²) in [5.74, 6) is 0.378. The number of benzene rings is 1. The van der Waals surface area contributed by atoms with E-state index in [1.165, 1.54) is 22.9 Å². The predicted molar refractivity (Wildman–Crippen MR) is 107 cm³/mol. The fourth-order valence-electron chi connectivity index (χ4n) is 2.60. The smallest absolute Gasteiger partial charge is 0.230 e. The van der Waals surface area contributed by atoms with Gasteiger partial charge in [-0.05, 0) is 50.5 Å². The molecule has 5 nitrogen and oxygen atoms in total. The Morgan fingerprint density at radius 3 is 2.81 bits per heavy atom. The maximum Gasteiger partial charge on any atom is 0.230 e.